The molecule has 0 atom stereocenters. The van der Waals surface area contributed by atoms with Crippen LogP contribution < -0.4 is 5.73 Å². The van der Waals surface area contributed by atoms with Gasteiger partial charge in [0.05, 0.1) is 0 Å². The topological polar surface area (TPSA) is 43.3 Å². The summed E-state index contributed by atoms with van der Waals surface area (Å²) in [6, 6.07) is 11.5. The maximum absolute atomic E-state index is 6.15. The smallest absolute Gasteiger partial charge is 0.142 e. The molecule has 18 heavy (non-hydrogen) atoms. The summed E-state index contributed by atoms with van der Waals surface area (Å²) in [5.74, 6) is 0.649. The molecule has 1 aromatic carbocycles. The second-order valence-electron chi connectivity index (χ2n) is 4.24. The molecular formula is C14H12ClN3. The van der Waals surface area contributed by atoms with Crippen molar-refractivity contribution in [1.82, 2.24) is 9.38 Å². The first-order valence-corrected chi connectivity index (χ1v) is 6.03. The summed E-state index contributed by atoms with van der Waals surface area (Å²) in [4.78, 5) is 4.61. The lowest BCUT2D eigenvalue weighted by Gasteiger charge is -1.99. The molecule has 0 amide bonds. The Kier molecular flexibility index (Phi) is 2.49. The van der Waals surface area contributed by atoms with E-state index in [9.17, 15) is 0 Å². The van der Waals surface area contributed by atoms with E-state index in [2.05, 4.69) is 4.98 Å². The van der Waals surface area contributed by atoms with Crippen LogP contribution in [0, 0.1) is 6.92 Å². The van der Waals surface area contributed by atoms with Gasteiger partial charge in [0.15, 0.2) is 0 Å². The third kappa shape index (κ3) is 1.64. The molecule has 0 bridgehead atoms. The van der Waals surface area contributed by atoms with Gasteiger partial charge in [-0.15, -0.1) is 0 Å². The number of benzene rings is 1. The van der Waals surface area contributed by atoms with Crippen molar-refractivity contribution in [3.8, 4) is 11.3 Å². The Labute approximate surface area is 110 Å². The van der Waals surface area contributed by atoms with Crippen molar-refractivity contribution in [2.45, 2.75) is 6.92 Å². The lowest BCUT2D eigenvalue weighted by molar-refractivity contribution is 1.17. The van der Waals surface area contributed by atoms with Crippen LogP contribution in [0.3, 0.4) is 0 Å². The second kappa shape index (κ2) is 4.03. The molecule has 3 rings (SSSR count). The highest BCUT2D eigenvalue weighted by Gasteiger charge is 2.11. The Bertz CT molecular complexity index is 714. The molecule has 0 fully saturated rings. The Morgan fingerprint density at radius 1 is 1.17 bits per heavy atom. The number of pyridine rings is 1. The van der Waals surface area contributed by atoms with Gasteiger partial charge in [-0.25, -0.2) is 4.98 Å². The van der Waals surface area contributed by atoms with Gasteiger partial charge in [-0.2, -0.15) is 0 Å². The number of halogens is 1. The van der Waals surface area contributed by atoms with Gasteiger partial charge in [0.25, 0.3) is 0 Å². The number of hydrogen-bond donors (Lipinski definition) is 1. The lowest BCUT2D eigenvalue weighted by Crippen LogP contribution is -1.94. The number of nitrogens with two attached hydrogens (primary N) is 1. The van der Waals surface area contributed by atoms with Crippen LogP contribution in [0.1, 0.15) is 5.56 Å². The van der Waals surface area contributed by atoms with Crippen LogP contribution in [-0.2, 0) is 0 Å². The maximum Gasteiger partial charge on any atom is 0.142 e. The molecule has 2 heterocycles. The molecule has 90 valence electrons. The number of nitrogens with zero attached hydrogens (tertiary/aromatic N) is 2. The fourth-order valence-corrected chi connectivity index (χ4v) is 2.17. The summed E-state index contributed by atoms with van der Waals surface area (Å²) >= 11 is 5.89. The number of anilines is 1. The summed E-state index contributed by atoms with van der Waals surface area (Å²) in [6.07, 6.45) is 1.92. The molecule has 0 unspecified atom stereocenters. The number of imidazole rings is 1. The van der Waals surface area contributed by atoms with E-state index in [1.54, 1.807) is 0 Å². The van der Waals surface area contributed by atoms with Gasteiger partial charge in [0, 0.05) is 16.8 Å². The SMILES string of the molecule is Cc1cccn2c(N)c(-c3ccc(Cl)cc3)nc12. The fraction of sp³-hybridized carbons (Fsp3) is 0.0714. The molecule has 0 aliphatic carbocycles. The minimum atomic E-state index is 0.649. The second-order valence-corrected chi connectivity index (χ2v) is 4.67. The molecule has 0 aliphatic rings. The number of rotatable bonds is 1. The summed E-state index contributed by atoms with van der Waals surface area (Å²) in [5.41, 5.74) is 9.90. The maximum atomic E-state index is 6.15. The monoisotopic (exact) mass is 257 g/mol. The fourth-order valence-electron chi connectivity index (χ4n) is 2.04. The van der Waals surface area contributed by atoms with Gasteiger partial charge in [-0.05, 0) is 30.7 Å². The highest BCUT2D eigenvalue weighted by atomic mass is 35.5. The van der Waals surface area contributed by atoms with Crippen LogP contribution in [0.5, 0.6) is 0 Å². The van der Waals surface area contributed by atoms with E-state index in [0.717, 1.165) is 22.5 Å². The van der Waals surface area contributed by atoms with E-state index in [1.165, 1.54) is 0 Å². The molecule has 0 spiro atoms. The molecule has 0 saturated heterocycles. The molecule has 0 saturated carbocycles. The number of hydrogen-bond acceptors (Lipinski definition) is 2. The van der Waals surface area contributed by atoms with E-state index in [-0.39, 0.29) is 0 Å². The quantitative estimate of drug-likeness (QED) is 0.725. The minimum absolute atomic E-state index is 0.649. The molecule has 3 nitrogen and oxygen atoms in total. The number of fused-ring (bicyclic) bond motifs is 1. The standard InChI is InChI=1S/C14H12ClN3/c1-9-3-2-8-18-13(16)12(17-14(9)18)10-4-6-11(15)7-5-10/h2-8H,16H2,1H3. The predicted molar refractivity (Wildman–Crippen MR) is 74.8 cm³/mol. The Morgan fingerprint density at radius 2 is 1.89 bits per heavy atom. The van der Waals surface area contributed by atoms with Crippen LogP contribution in [0.4, 0.5) is 5.82 Å². The van der Waals surface area contributed by atoms with Crippen LogP contribution in [-0.4, -0.2) is 9.38 Å². The lowest BCUT2D eigenvalue weighted by atomic mass is 10.1. The van der Waals surface area contributed by atoms with E-state index in [0.29, 0.717) is 10.8 Å². The first kappa shape index (κ1) is 11.1. The average molecular weight is 258 g/mol. The summed E-state index contributed by atoms with van der Waals surface area (Å²) < 4.78 is 1.90. The largest absolute Gasteiger partial charge is 0.383 e. The van der Waals surface area contributed by atoms with Crippen LogP contribution >= 0.6 is 11.6 Å². The predicted octanol–water partition coefficient (Wildman–Crippen LogP) is 3.55. The summed E-state index contributed by atoms with van der Waals surface area (Å²) in [6.45, 7) is 2.02. The zero-order valence-corrected chi connectivity index (χ0v) is 10.6. The summed E-state index contributed by atoms with van der Waals surface area (Å²) in [5, 5.41) is 0.706. The van der Waals surface area contributed by atoms with Crippen molar-refractivity contribution in [3.05, 3.63) is 53.2 Å². The van der Waals surface area contributed by atoms with Crippen molar-refractivity contribution in [1.29, 1.82) is 0 Å². The minimum Gasteiger partial charge on any atom is -0.383 e. The molecule has 2 N–H and O–H groups in total. The van der Waals surface area contributed by atoms with Crippen molar-refractivity contribution in [2.75, 3.05) is 5.73 Å². The van der Waals surface area contributed by atoms with Crippen molar-refractivity contribution < 1.29 is 0 Å². The first-order valence-electron chi connectivity index (χ1n) is 5.66. The number of nitrogen functional groups attached to an aromatic ring is 1. The number of aromatic nitrogens is 2. The third-order valence-corrected chi connectivity index (χ3v) is 3.25. The van der Waals surface area contributed by atoms with Gasteiger partial charge >= 0.3 is 0 Å². The molecule has 3 aromatic rings. The molecule has 2 aromatic heterocycles. The highest BCUT2D eigenvalue weighted by molar-refractivity contribution is 6.30. The van der Waals surface area contributed by atoms with Gasteiger partial charge < -0.3 is 5.73 Å². The molecule has 4 heteroatoms. The van der Waals surface area contributed by atoms with E-state index in [1.807, 2.05) is 53.9 Å². The van der Waals surface area contributed by atoms with Crippen LogP contribution in [0.25, 0.3) is 16.9 Å². The van der Waals surface area contributed by atoms with Crippen molar-refractivity contribution in [2.24, 2.45) is 0 Å². The van der Waals surface area contributed by atoms with Crippen LogP contribution in [0.2, 0.25) is 5.02 Å². The van der Waals surface area contributed by atoms with Gasteiger partial charge in [0.1, 0.15) is 17.2 Å². The Morgan fingerprint density at radius 3 is 2.56 bits per heavy atom. The van der Waals surface area contributed by atoms with Gasteiger partial charge in [-0.3, -0.25) is 4.40 Å². The van der Waals surface area contributed by atoms with Crippen molar-refractivity contribution >= 4 is 23.1 Å². The Balaban J connectivity index is 2.27. The highest BCUT2D eigenvalue weighted by Crippen LogP contribution is 2.28. The van der Waals surface area contributed by atoms with E-state index >= 15 is 0 Å². The van der Waals surface area contributed by atoms with E-state index < -0.39 is 0 Å². The zero-order valence-electron chi connectivity index (χ0n) is 9.89. The summed E-state index contributed by atoms with van der Waals surface area (Å²) in [7, 11) is 0. The molecular weight excluding hydrogens is 246 g/mol. The first-order chi connectivity index (χ1) is 8.66. The van der Waals surface area contributed by atoms with Gasteiger partial charge in [0.2, 0.25) is 0 Å². The number of aryl methyl sites for hydroxylation is 1. The Hall–Kier alpha value is -2.00. The van der Waals surface area contributed by atoms with Crippen molar-refractivity contribution in [3.63, 3.8) is 0 Å². The van der Waals surface area contributed by atoms with Gasteiger partial charge in [-0.1, -0.05) is 29.8 Å². The normalized spacial score (nSPS) is 11.0. The third-order valence-electron chi connectivity index (χ3n) is 3.00. The van der Waals surface area contributed by atoms with Crippen LogP contribution in [0.15, 0.2) is 42.6 Å². The zero-order chi connectivity index (χ0) is 12.7. The molecule has 0 aliphatic heterocycles. The molecule has 0 radical (unpaired) electrons. The average Bonchev–Trinajstić information content (AvgIpc) is 2.70. The van der Waals surface area contributed by atoms with E-state index in [4.69, 9.17) is 17.3 Å².